The normalized spacial score (nSPS) is 28.9. The number of carbonyl (C=O) groups is 3. The van der Waals surface area contributed by atoms with Crippen LogP contribution in [0.2, 0.25) is 0 Å². The largest absolute Gasteiger partial charge is 0.464 e. The van der Waals surface area contributed by atoms with Gasteiger partial charge < -0.3 is 28.8 Å². The second-order valence-corrected chi connectivity index (χ2v) is 20.7. The molecule has 14 nitrogen and oxygen atoms in total. The van der Waals surface area contributed by atoms with E-state index in [4.69, 9.17) is 28.9 Å². The van der Waals surface area contributed by atoms with Gasteiger partial charge in [0, 0.05) is 84.3 Å². The van der Waals surface area contributed by atoms with Gasteiger partial charge in [-0.3, -0.25) is 29.3 Å². The van der Waals surface area contributed by atoms with Gasteiger partial charge in [0.2, 0.25) is 5.91 Å². The topological polar surface area (TPSA) is 149 Å². The van der Waals surface area contributed by atoms with E-state index in [9.17, 15) is 14.4 Å². The molecule has 350 valence electrons. The van der Waals surface area contributed by atoms with Crippen LogP contribution in [0.25, 0.3) is 33.4 Å². The number of carbonyl (C=O) groups excluding carboxylic acids is 3. The highest BCUT2D eigenvalue weighted by Gasteiger charge is 2.50. The van der Waals surface area contributed by atoms with Gasteiger partial charge in [-0.05, 0) is 106 Å². The molecule has 4 aliphatic heterocycles. The molecule has 2 N–H and O–H groups in total. The van der Waals surface area contributed by atoms with Crippen LogP contribution in [0.15, 0.2) is 35.8 Å². The molecule has 0 radical (unpaired) electrons. The first-order valence-electron chi connectivity index (χ1n) is 23.9. The first-order valence-corrected chi connectivity index (χ1v) is 24.8. The highest BCUT2D eigenvalue weighted by Crippen LogP contribution is 2.47. The summed E-state index contributed by atoms with van der Waals surface area (Å²) in [5.41, 5.74) is 10.9. The zero-order valence-electron chi connectivity index (χ0n) is 39.4. The van der Waals surface area contributed by atoms with Crippen molar-refractivity contribution in [2.75, 3.05) is 53.2 Å². The summed E-state index contributed by atoms with van der Waals surface area (Å²) in [6, 6.07) is 7.50. The summed E-state index contributed by atoms with van der Waals surface area (Å²) >= 11 is 1.42. The maximum atomic E-state index is 14.6. The number of rotatable bonds is 9. The molecule has 15 heteroatoms. The molecule has 3 saturated heterocycles. The van der Waals surface area contributed by atoms with Crippen LogP contribution in [0, 0.1) is 23.2 Å². The molecule has 1 aliphatic carbocycles. The molecule has 4 aromatic rings. The van der Waals surface area contributed by atoms with Gasteiger partial charge in [0.1, 0.15) is 23.2 Å². The fourth-order valence-corrected chi connectivity index (χ4v) is 11.8. The highest BCUT2D eigenvalue weighted by atomic mass is 32.1. The molecule has 9 atom stereocenters. The maximum Gasteiger partial charge on any atom is 0.324 e. The number of benzene rings is 1. The van der Waals surface area contributed by atoms with Crippen LogP contribution in [-0.4, -0.2) is 114 Å². The van der Waals surface area contributed by atoms with Crippen LogP contribution in [-0.2, 0) is 46.3 Å². The van der Waals surface area contributed by atoms with Crippen LogP contribution in [0.3, 0.4) is 0 Å². The van der Waals surface area contributed by atoms with Gasteiger partial charge in [-0.2, -0.15) is 0 Å². The minimum Gasteiger partial charge on any atom is -0.464 e. The number of morpholine rings is 1. The van der Waals surface area contributed by atoms with E-state index in [0.717, 1.165) is 83.8 Å². The smallest absolute Gasteiger partial charge is 0.324 e. The Morgan fingerprint density at radius 3 is 2.68 bits per heavy atom. The van der Waals surface area contributed by atoms with Crippen molar-refractivity contribution in [1.82, 2.24) is 35.2 Å². The van der Waals surface area contributed by atoms with E-state index in [1.807, 2.05) is 12.3 Å². The van der Waals surface area contributed by atoms with E-state index in [0.29, 0.717) is 55.9 Å². The van der Waals surface area contributed by atoms with E-state index in [2.05, 4.69) is 92.2 Å². The summed E-state index contributed by atoms with van der Waals surface area (Å²) in [4.78, 5) is 55.5. The quantitative estimate of drug-likeness (QED) is 0.164. The lowest BCUT2D eigenvalue weighted by Gasteiger charge is -2.42. The summed E-state index contributed by atoms with van der Waals surface area (Å²) in [6.07, 6.45) is 4.73. The zero-order chi connectivity index (χ0) is 45.7. The van der Waals surface area contributed by atoms with E-state index < -0.39 is 29.6 Å². The van der Waals surface area contributed by atoms with Crippen LogP contribution >= 0.6 is 11.3 Å². The number of hydrazine groups is 1. The summed E-state index contributed by atoms with van der Waals surface area (Å²) in [7, 11) is 1.74. The summed E-state index contributed by atoms with van der Waals surface area (Å²) in [6.45, 7) is 19.7. The molecule has 5 aliphatic rings. The number of aryl methyl sites for hydroxylation is 1. The number of nitrogens with one attached hydrogen (secondary N) is 2. The van der Waals surface area contributed by atoms with E-state index in [-0.39, 0.29) is 42.3 Å². The molecule has 4 fully saturated rings. The number of nitrogens with zero attached hydrogens (tertiary/aromatic N) is 5. The Hall–Kier alpha value is -4.25. The standard InChI is InChI=1S/C50H67N7O7S/c1-9-56-40-14-13-32-21-35(40)37(44(56)36-22-33(24-51-42(36)30(5)61-8)31-15-17-55-18-19-62-25-34(55)20-31)23-50(6,7)27-64-49(60)38-12-11-16-57(54-38)48(59)43(53-46(58)41-28(3)29(41)4)45(63-10-2)47-52-39(32)26-65-47/h13-14,21-22,24,26,28-31,34,38,41,43,45,54H,9-12,15-20,23,25,27H2,1-8H3,(H,53,58)/t28-,29+,30-,31-,34-,38-,41?,43-,45-/m0/s1. The summed E-state index contributed by atoms with van der Waals surface area (Å²) in [5.74, 6) is -0.377. The Morgan fingerprint density at radius 2 is 1.92 bits per heavy atom. The number of piperidine rings is 1. The molecule has 7 heterocycles. The van der Waals surface area contributed by atoms with Crippen molar-refractivity contribution in [2.24, 2.45) is 23.2 Å². The molecule has 3 aromatic heterocycles. The molecular weight excluding hydrogens is 843 g/mol. The third kappa shape index (κ3) is 9.01. The molecule has 2 amide bonds. The molecule has 65 heavy (non-hydrogen) atoms. The number of fused-ring (bicyclic) bond motifs is 7. The van der Waals surface area contributed by atoms with Crippen LogP contribution < -0.4 is 10.7 Å². The van der Waals surface area contributed by atoms with Crippen molar-refractivity contribution in [2.45, 2.75) is 123 Å². The van der Waals surface area contributed by atoms with Gasteiger partial charge >= 0.3 is 5.97 Å². The number of hydrogen-bond acceptors (Lipinski definition) is 12. The molecule has 9 rings (SSSR count). The Balaban J connectivity index is 1.18. The predicted octanol–water partition coefficient (Wildman–Crippen LogP) is 7.22. The number of aromatic nitrogens is 3. The minimum absolute atomic E-state index is 0.163. The number of hydrogen-bond donors (Lipinski definition) is 2. The first kappa shape index (κ1) is 45.9. The number of thiazole rings is 1. The Morgan fingerprint density at radius 1 is 1.11 bits per heavy atom. The SMILES string of the molecule is CCO[C@@H]1c2nc(cs2)-c2ccc3c(c2)c(c(-c2cc([C@H]4CCN5CCOC[C@@H]5C4)cnc2[C@H](C)OC)n3CC)CC(C)(C)COC(=O)[C@@H]2CCCN(N2)C(=O)[C@H]1NC(=O)C1[C@@H](C)[C@H]1C. The third-order valence-corrected chi connectivity index (χ3v) is 15.9. The Labute approximate surface area is 387 Å². The van der Waals surface area contributed by atoms with Gasteiger partial charge in [0.15, 0.2) is 0 Å². The first-order chi connectivity index (χ1) is 31.3. The van der Waals surface area contributed by atoms with Gasteiger partial charge in [-0.25, -0.2) is 10.4 Å². The second-order valence-electron chi connectivity index (χ2n) is 19.8. The van der Waals surface area contributed by atoms with Crippen LogP contribution in [0.5, 0.6) is 0 Å². The highest BCUT2D eigenvalue weighted by molar-refractivity contribution is 7.10. The van der Waals surface area contributed by atoms with E-state index in [1.54, 1.807) is 7.11 Å². The monoisotopic (exact) mass is 909 g/mol. The zero-order valence-corrected chi connectivity index (χ0v) is 40.2. The van der Waals surface area contributed by atoms with Crippen LogP contribution in [0.1, 0.15) is 114 Å². The summed E-state index contributed by atoms with van der Waals surface area (Å²) in [5, 5.41) is 8.27. The van der Waals surface area contributed by atoms with Gasteiger partial charge in [-0.1, -0.05) is 33.8 Å². The lowest BCUT2D eigenvalue weighted by molar-refractivity contribution is -0.156. The molecule has 1 unspecified atom stereocenters. The Bertz CT molecular complexity index is 2410. The number of methoxy groups -OCH3 is 1. The molecule has 6 bridgehead atoms. The lowest BCUT2D eigenvalue weighted by Crippen LogP contribution is -2.61. The number of cyclic esters (lactones) is 1. The number of pyridine rings is 1. The van der Waals surface area contributed by atoms with Crippen molar-refractivity contribution < 1.29 is 33.3 Å². The fraction of sp³-hybridized carbons (Fsp3) is 0.620. The molecular formula is C50H67N7O7S. The van der Waals surface area contributed by atoms with Gasteiger partial charge in [-0.15, -0.1) is 11.3 Å². The van der Waals surface area contributed by atoms with E-state index in [1.165, 1.54) is 21.9 Å². The summed E-state index contributed by atoms with van der Waals surface area (Å²) < 4.78 is 27.0. The number of esters is 1. The van der Waals surface area contributed by atoms with Gasteiger partial charge in [0.25, 0.3) is 5.91 Å². The second kappa shape index (κ2) is 18.8. The van der Waals surface area contributed by atoms with Gasteiger partial charge in [0.05, 0.1) is 43.0 Å². The van der Waals surface area contributed by atoms with Crippen molar-refractivity contribution in [3.05, 3.63) is 57.7 Å². The molecule has 0 spiro atoms. The number of ether oxygens (including phenoxy) is 4. The van der Waals surface area contributed by atoms with Crippen molar-refractivity contribution in [1.29, 1.82) is 0 Å². The molecule has 1 saturated carbocycles. The average molecular weight is 910 g/mol. The Kier molecular flexibility index (Phi) is 13.3. The lowest BCUT2D eigenvalue weighted by atomic mass is 9.82. The van der Waals surface area contributed by atoms with Crippen molar-refractivity contribution in [3.8, 4) is 22.5 Å². The van der Waals surface area contributed by atoms with Crippen molar-refractivity contribution in [3.63, 3.8) is 0 Å². The predicted molar refractivity (Wildman–Crippen MR) is 250 cm³/mol. The fourth-order valence-electron chi connectivity index (χ4n) is 10.9. The number of amides is 2. The van der Waals surface area contributed by atoms with Crippen molar-refractivity contribution >= 4 is 40.0 Å². The average Bonchev–Trinajstić information content (AvgIpc) is 3.58. The minimum atomic E-state index is -1.08. The third-order valence-electron chi connectivity index (χ3n) is 15.0. The molecule has 1 aromatic carbocycles. The van der Waals surface area contributed by atoms with E-state index >= 15 is 0 Å². The maximum absolute atomic E-state index is 14.6. The van der Waals surface area contributed by atoms with Crippen LogP contribution in [0.4, 0.5) is 0 Å².